The van der Waals surface area contributed by atoms with Crippen LogP contribution < -0.4 is 4.57 Å². The third kappa shape index (κ3) is 2.62. The maximum atomic E-state index is 7.78. The summed E-state index contributed by atoms with van der Waals surface area (Å²) in [6.45, 7) is 11.9. The highest BCUT2D eigenvalue weighted by molar-refractivity contribution is 6.18. The lowest BCUT2D eigenvalue weighted by Crippen LogP contribution is -2.30. The van der Waals surface area contributed by atoms with Gasteiger partial charge >= 0.3 is 0 Å². The Morgan fingerprint density at radius 2 is 1.60 bits per heavy atom. The molecule has 0 fully saturated rings. The Morgan fingerprint density at radius 3 is 2.33 bits per heavy atom. The average Bonchev–Trinajstić information content (AvgIpc) is 3.13. The van der Waals surface area contributed by atoms with E-state index in [1.54, 1.807) is 0 Å². The van der Waals surface area contributed by atoms with Crippen LogP contribution in [-0.2, 0) is 7.05 Å². The molecule has 0 aliphatic heterocycles. The smallest absolute Gasteiger partial charge is 0.216 e. The van der Waals surface area contributed by atoms with Crippen molar-refractivity contribution in [2.45, 2.75) is 13.8 Å². The third-order valence-corrected chi connectivity index (χ3v) is 5.79. The predicted molar refractivity (Wildman–Crippen MR) is 122 cm³/mol. The highest BCUT2D eigenvalue weighted by atomic mass is 16.3. The SMILES string of the molecule is [C-]#[N+]c1cc(C)c(-c2ccccc2)c2oc3c(-c4cccc[n+]4C)c(C)ccc3c12. The van der Waals surface area contributed by atoms with Crippen LogP contribution in [0.25, 0.3) is 49.2 Å². The number of pyridine rings is 1. The number of aryl methyl sites for hydroxylation is 3. The normalized spacial score (nSPS) is 11.1. The van der Waals surface area contributed by atoms with E-state index >= 15 is 0 Å². The molecule has 3 aromatic carbocycles. The van der Waals surface area contributed by atoms with Gasteiger partial charge in [-0.3, -0.25) is 0 Å². The topological polar surface area (TPSA) is 21.4 Å². The van der Waals surface area contributed by atoms with Crippen molar-refractivity contribution in [2.24, 2.45) is 7.05 Å². The molecule has 0 bridgehead atoms. The van der Waals surface area contributed by atoms with Gasteiger partial charge < -0.3 is 4.42 Å². The van der Waals surface area contributed by atoms with E-state index in [1.807, 2.05) is 56.6 Å². The molecule has 0 amide bonds. The van der Waals surface area contributed by atoms with Gasteiger partial charge in [-0.25, -0.2) is 9.41 Å². The first-order valence-corrected chi connectivity index (χ1v) is 9.97. The maximum absolute atomic E-state index is 7.78. The van der Waals surface area contributed by atoms with Crippen LogP contribution in [0.5, 0.6) is 0 Å². The van der Waals surface area contributed by atoms with E-state index < -0.39 is 0 Å². The Hall–Kier alpha value is -3.90. The molecule has 0 unspecified atom stereocenters. The van der Waals surface area contributed by atoms with Crippen LogP contribution >= 0.6 is 0 Å². The number of furan rings is 1. The van der Waals surface area contributed by atoms with Gasteiger partial charge in [0.1, 0.15) is 18.2 Å². The number of nitrogens with zero attached hydrogens (tertiary/aromatic N) is 2. The van der Waals surface area contributed by atoms with Gasteiger partial charge in [-0.2, -0.15) is 0 Å². The molecule has 0 atom stereocenters. The van der Waals surface area contributed by atoms with Crippen molar-refractivity contribution in [3.05, 3.63) is 95.5 Å². The zero-order valence-electron chi connectivity index (χ0n) is 17.2. The van der Waals surface area contributed by atoms with Gasteiger partial charge in [0, 0.05) is 28.5 Å². The van der Waals surface area contributed by atoms with Gasteiger partial charge in [0.05, 0.1) is 12.1 Å². The number of hydrogen-bond acceptors (Lipinski definition) is 1. The monoisotopic (exact) mass is 389 g/mol. The predicted octanol–water partition coefficient (Wildman–Crippen LogP) is 6.91. The maximum Gasteiger partial charge on any atom is 0.216 e. The number of benzene rings is 3. The molecule has 3 heteroatoms. The van der Waals surface area contributed by atoms with Crippen LogP contribution in [0.15, 0.2) is 77.3 Å². The van der Waals surface area contributed by atoms with E-state index in [1.165, 1.54) is 0 Å². The second-order valence-electron chi connectivity index (χ2n) is 7.70. The third-order valence-electron chi connectivity index (χ3n) is 5.79. The Kier molecular flexibility index (Phi) is 4.15. The molecule has 5 rings (SSSR count). The summed E-state index contributed by atoms with van der Waals surface area (Å²) in [5.41, 5.74) is 8.74. The molecule has 30 heavy (non-hydrogen) atoms. The summed E-state index contributed by atoms with van der Waals surface area (Å²) in [6.07, 6.45) is 2.04. The quantitative estimate of drug-likeness (QED) is 0.237. The number of rotatable bonds is 2. The average molecular weight is 389 g/mol. The molecule has 0 aliphatic carbocycles. The molecule has 2 aromatic heterocycles. The summed E-state index contributed by atoms with van der Waals surface area (Å²) >= 11 is 0. The van der Waals surface area contributed by atoms with Gasteiger partial charge in [0.2, 0.25) is 5.69 Å². The first-order valence-electron chi connectivity index (χ1n) is 9.97. The minimum Gasteiger partial charge on any atom is -0.456 e. The van der Waals surface area contributed by atoms with Crippen molar-refractivity contribution in [1.29, 1.82) is 0 Å². The first kappa shape index (κ1) is 18.1. The first-order chi connectivity index (χ1) is 14.6. The van der Waals surface area contributed by atoms with Crippen molar-refractivity contribution in [1.82, 2.24) is 0 Å². The van der Waals surface area contributed by atoms with Gasteiger partial charge in [-0.15, -0.1) is 0 Å². The summed E-state index contributed by atoms with van der Waals surface area (Å²) in [6, 6.07) is 22.6. The lowest BCUT2D eigenvalue weighted by molar-refractivity contribution is -0.660. The van der Waals surface area contributed by atoms with Crippen LogP contribution in [-0.4, -0.2) is 0 Å². The molecule has 144 valence electrons. The summed E-state index contributed by atoms with van der Waals surface area (Å²) < 4.78 is 8.73. The molecular weight excluding hydrogens is 368 g/mol. The molecule has 0 aliphatic rings. The summed E-state index contributed by atoms with van der Waals surface area (Å²) in [5, 5.41) is 1.88. The van der Waals surface area contributed by atoms with Crippen molar-refractivity contribution in [3.63, 3.8) is 0 Å². The summed E-state index contributed by atoms with van der Waals surface area (Å²) in [5.74, 6) is 0. The minimum absolute atomic E-state index is 0.633. The minimum atomic E-state index is 0.633. The molecule has 3 nitrogen and oxygen atoms in total. The molecule has 5 aromatic rings. The number of fused-ring (bicyclic) bond motifs is 3. The largest absolute Gasteiger partial charge is 0.456 e. The summed E-state index contributed by atoms with van der Waals surface area (Å²) in [7, 11) is 2.04. The Labute approximate surface area is 175 Å². The summed E-state index contributed by atoms with van der Waals surface area (Å²) in [4.78, 5) is 3.84. The zero-order valence-corrected chi connectivity index (χ0v) is 17.2. The van der Waals surface area contributed by atoms with Crippen molar-refractivity contribution in [2.75, 3.05) is 0 Å². The molecule has 0 saturated carbocycles. The van der Waals surface area contributed by atoms with Gasteiger partial charge in [-0.05, 0) is 36.6 Å². The fourth-order valence-corrected chi connectivity index (χ4v) is 4.37. The van der Waals surface area contributed by atoms with Crippen LogP contribution in [0.1, 0.15) is 11.1 Å². The van der Waals surface area contributed by atoms with E-state index in [0.29, 0.717) is 5.69 Å². The van der Waals surface area contributed by atoms with Crippen molar-refractivity contribution >= 4 is 27.6 Å². The second kappa shape index (κ2) is 6.86. The van der Waals surface area contributed by atoms with Gasteiger partial charge in [-0.1, -0.05) is 48.5 Å². The Balaban J connectivity index is 1.98. The fraction of sp³-hybridized carbons (Fsp3) is 0.111. The second-order valence-corrected chi connectivity index (χ2v) is 7.70. The van der Waals surface area contributed by atoms with Crippen LogP contribution in [0.4, 0.5) is 5.69 Å². The lowest BCUT2D eigenvalue weighted by atomic mass is 9.95. The molecular formula is C27H21N2O+. The molecule has 2 heterocycles. The van der Waals surface area contributed by atoms with E-state index in [9.17, 15) is 0 Å². The highest BCUT2D eigenvalue weighted by Crippen LogP contribution is 2.45. The van der Waals surface area contributed by atoms with Crippen molar-refractivity contribution in [3.8, 4) is 22.4 Å². The number of aromatic nitrogens is 1. The van der Waals surface area contributed by atoms with Gasteiger partial charge in [0.25, 0.3) is 0 Å². The number of hydrogen-bond donors (Lipinski definition) is 0. The van der Waals surface area contributed by atoms with Crippen LogP contribution in [0, 0.1) is 20.4 Å². The molecule has 0 saturated heterocycles. The standard InChI is InChI=1S/C27H21N2O/c1-17-13-14-20-25-21(28-3)16-18(2)23(19-10-6-5-7-11-19)27(25)30-26(20)24(17)22-12-8-9-15-29(22)4/h5-16H,1-2,4H3/q+1. The van der Waals surface area contributed by atoms with Gasteiger partial charge in [0.15, 0.2) is 11.9 Å². The van der Waals surface area contributed by atoms with E-state index in [-0.39, 0.29) is 0 Å². The Bertz CT molecular complexity index is 1470. The lowest BCUT2D eigenvalue weighted by Gasteiger charge is -2.08. The van der Waals surface area contributed by atoms with Crippen molar-refractivity contribution < 1.29 is 8.98 Å². The van der Waals surface area contributed by atoms with Crippen LogP contribution in [0.3, 0.4) is 0 Å². The molecule has 0 radical (unpaired) electrons. The molecule has 0 N–H and O–H groups in total. The van der Waals surface area contributed by atoms with E-state index in [4.69, 9.17) is 11.0 Å². The fourth-order valence-electron chi connectivity index (χ4n) is 4.37. The highest BCUT2D eigenvalue weighted by Gasteiger charge is 2.24. The molecule has 0 spiro atoms. The zero-order chi connectivity index (χ0) is 20.8. The van der Waals surface area contributed by atoms with E-state index in [0.717, 1.165) is 55.4 Å². The van der Waals surface area contributed by atoms with E-state index in [2.05, 4.69) is 46.7 Å². The van der Waals surface area contributed by atoms with Crippen LogP contribution in [0.2, 0.25) is 0 Å². The Morgan fingerprint density at radius 1 is 0.833 bits per heavy atom.